The summed E-state index contributed by atoms with van der Waals surface area (Å²) >= 11 is 0. The van der Waals surface area contributed by atoms with Crippen LogP contribution in [0.2, 0.25) is 0 Å². The van der Waals surface area contributed by atoms with Gasteiger partial charge in [0, 0.05) is 6.04 Å². The van der Waals surface area contributed by atoms with Crippen molar-refractivity contribution in [3.63, 3.8) is 0 Å². The number of nitrogens with one attached hydrogen (secondary N) is 2. The molecular weight excluding hydrogens is 152 g/mol. The van der Waals surface area contributed by atoms with Gasteiger partial charge >= 0.3 is 6.03 Å². The number of carbonyl (C=O) groups excluding carboxylic acids is 1. The molecule has 0 bridgehead atoms. The quantitative estimate of drug-likeness (QED) is 0.583. The van der Waals surface area contributed by atoms with E-state index in [9.17, 15) is 4.79 Å². The number of hydrogen-bond donors (Lipinski definition) is 2. The van der Waals surface area contributed by atoms with Crippen LogP contribution < -0.4 is 10.6 Å². The average Bonchev–Trinajstić information content (AvgIpc) is 1.98. The SMILES string of the molecule is C#CCNC(=O)NC1CC(C)C1. The van der Waals surface area contributed by atoms with Crippen LogP contribution in [0.3, 0.4) is 0 Å². The first-order valence-corrected chi connectivity index (χ1v) is 4.20. The summed E-state index contributed by atoms with van der Waals surface area (Å²) in [4.78, 5) is 11.0. The summed E-state index contributed by atoms with van der Waals surface area (Å²) in [6.45, 7) is 2.48. The first-order valence-electron chi connectivity index (χ1n) is 4.20. The van der Waals surface area contributed by atoms with E-state index in [1.165, 1.54) is 0 Å². The maximum Gasteiger partial charge on any atom is 0.315 e. The molecule has 1 fully saturated rings. The molecular formula is C9H14N2O. The Kier molecular flexibility index (Phi) is 2.98. The van der Waals surface area contributed by atoms with Crippen molar-refractivity contribution in [3.8, 4) is 12.3 Å². The highest BCUT2D eigenvalue weighted by Gasteiger charge is 2.26. The standard InChI is InChI=1S/C9H14N2O/c1-3-4-10-9(12)11-8-5-7(2)6-8/h1,7-8H,4-6H2,2H3,(H2,10,11,12). The van der Waals surface area contributed by atoms with Crippen LogP contribution in [0.1, 0.15) is 19.8 Å². The minimum atomic E-state index is -0.148. The highest BCUT2D eigenvalue weighted by atomic mass is 16.2. The topological polar surface area (TPSA) is 41.1 Å². The van der Waals surface area contributed by atoms with Crippen LogP contribution in [0, 0.1) is 18.3 Å². The van der Waals surface area contributed by atoms with E-state index in [2.05, 4.69) is 23.5 Å². The van der Waals surface area contributed by atoms with E-state index < -0.39 is 0 Å². The molecule has 2 N–H and O–H groups in total. The number of urea groups is 1. The fourth-order valence-corrected chi connectivity index (χ4v) is 1.39. The third-order valence-corrected chi connectivity index (χ3v) is 2.06. The van der Waals surface area contributed by atoms with Gasteiger partial charge in [0.05, 0.1) is 6.54 Å². The zero-order valence-corrected chi connectivity index (χ0v) is 7.26. The van der Waals surface area contributed by atoms with Crippen LogP contribution in [0.25, 0.3) is 0 Å². The smallest absolute Gasteiger partial charge is 0.315 e. The van der Waals surface area contributed by atoms with Crippen molar-refractivity contribution in [2.24, 2.45) is 5.92 Å². The van der Waals surface area contributed by atoms with E-state index >= 15 is 0 Å². The Morgan fingerprint density at radius 3 is 2.83 bits per heavy atom. The lowest BCUT2D eigenvalue weighted by atomic mass is 9.82. The Bertz CT molecular complexity index is 201. The summed E-state index contributed by atoms with van der Waals surface area (Å²) in [5.41, 5.74) is 0. The van der Waals surface area contributed by atoms with Crippen molar-refractivity contribution in [2.45, 2.75) is 25.8 Å². The lowest BCUT2D eigenvalue weighted by Gasteiger charge is -2.33. The highest BCUT2D eigenvalue weighted by molar-refractivity contribution is 5.74. The summed E-state index contributed by atoms with van der Waals surface area (Å²) in [5.74, 6) is 3.10. The Balaban J connectivity index is 2.07. The van der Waals surface area contributed by atoms with Crippen molar-refractivity contribution < 1.29 is 4.79 Å². The van der Waals surface area contributed by atoms with Crippen LogP contribution in [0.5, 0.6) is 0 Å². The van der Waals surface area contributed by atoms with Crippen LogP contribution in [0.4, 0.5) is 4.79 Å². The monoisotopic (exact) mass is 166 g/mol. The number of terminal acetylenes is 1. The van der Waals surface area contributed by atoms with Gasteiger partial charge in [0.15, 0.2) is 0 Å². The minimum absolute atomic E-state index is 0.148. The summed E-state index contributed by atoms with van der Waals surface area (Å²) in [7, 11) is 0. The molecule has 1 rings (SSSR count). The van der Waals surface area contributed by atoms with E-state index in [0.717, 1.165) is 18.8 Å². The molecule has 1 aliphatic rings. The largest absolute Gasteiger partial charge is 0.335 e. The Morgan fingerprint density at radius 1 is 1.67 bits per heavy atom. The number of carbonyl (C=O) groups is 1. The molecule has 12 heavy (non-hydrogen) atoms. The summed E-state index contributed by atoms with van der Waals surface area (Å²) in [6.07, 6.45) is 7.16. The van der Waals surface area contributed by atoms with Gasteiger partial charge in [0.2, 0.25) is 0 Å². The van der Waals surface area contributed by atoms with Gasteiger partial charge < -0.3 is 10.6 Å². The molecule has 0 heterocycles. The fraction of sp³-hybridized carbons (Fsp3) is 0.667. The molecule has 0 spiro atoms. The van der Waals surface area contributed by atoms with Crippen LogP contribution in [0.15, 0.2) is 0 Å². The fourth-order valence-electron chi connectivity index (χ4n) is 1.39. The predicted octanol–water partition coefficient (Wildman–Crippen LogP) is 0.717. The normalized spacial score (nSPS) is 26.7. The molecule has 0 aliphatic heterocycles. The van der Waals surface area contributed by atoms with Crippen LogP contribution in [-0.2, 0) is 0 Å². The zero-order valence-electron chi connectivity index (χ0n) is 7.26. The first-order chi connectivity index (χ1) is 5.72. The second-order valence-corrected chi connectivity index (χ2v) is 3.30. The molecule has 3 nitrogen and oxygen atoms in total. The van der Waals surface area contributed by atoms with E-state index in [0.29, 0.717) is 12.6 Å². The lowest BCUT2D eigenvalue weighted by Crippen LogP contribution is -2.47. The third-order valence-electron chi connectivity index (χ3n) is 2.06. The second-order valence-electron chi connectivity index (χ2n) is 3.30. The molecule has 1 aliphatic carbocycles. The maximum atomic E-state index is 11.0. The summed E-state index contributed by atoms with van der Waals surface area (Å²) in [5, 5.41) is 5.40. The molecule has 0 aromatic rings. The van der Waals surface area contributed by atoms with Crippen molar-refractivity contribution in [3.05, 3.63) is 0 Å². The van der Waals surface area contributed by atoms with Crippen molar-refractivity contribution in [1.82, 2.24) is 10.6 Å². The molecule has 0 unspecified atom stereocenters. The van der Waals surface area contributed by atoms with Gasteiger partial charge in [-0.05, 0) is 18.8 Å². The molecule has 66 valence electrons. The van der Waals surface area contributed by atoms with Gasteiger partial charge in [-0.3, -0.25) is 0 Å². The average molecular weight is 166 g/mol. The number of amides is 2. The zero-order chi connectivity index (χ0) is 8.97. The van der Waals surface area contributed by atoms with Gasteiger partial charge in [-0.1, -0.05) is 12.8 Å². The van der Waals surface area contributed by atoms with Crippen molar-refractivity contribution in [2.75, 3.05) is 6.54 Å². The third kappa shape index (κ3) is 2.46. The van der Waals surface area contributed by atoms with Crippen LogP contribution >= 0.6 is 0 Å². The highest BCUT2D eigenvalue weighted by Crippen LogP contribution is 2.25. The van der Waals surface area contributed by atoms with E-state index in [1.807, 2.05) is 0 Å². The van der Waals surface area contributed by atoms with E-state index in [4.69, 9.17) is 6.42 Å². The summed E-state index contributed by atoms with van der Waals surface area (Å²) in [6, 6.07) is 0.211. The van der Waals surface area contributed by atoms with Gasteiger partial charge in [0.25, 0.3) is 0 Å². The van der Waals surface area contributed by atoms with E-state index in [1.54, 1.807) is 0 Å². The minimum Gasteiger partial charge on any atom is -0.335 e. The van der Waals surface area contributed by atoms with Gasteiger partial charge in [-0.2, -0.15) is 0 Å². The second kappa shape index (κ2) is 4.01. The van der Waals surface area contributed by atoms with Crippen molar-refractivity contribution >= 4 is 6.03 Å². The molecule has 3 heteroatoms. The Morgan fingerprint density at radius 2 is 2.33 bits per heavy atom. The molecule has 0 saturated heterocycles. The number of hydrogen-bond acceptors (Lipinski definition) is 1. The first kappa shape index (κ1) is 8.92. The molecule has 0 atom stereocenters. The molecule has 0 aromatic heterocycles. The summed E-state index contributed by atoms with van der Waals surface area (Å²) < 4.78 is 0. The van der Waals surface area contributed by atoms with Gasteiger partial charge in [0.1, 0.15) is 0 Å². The molecule has 2 amide bonds. The van der Waals surface area contributed by atoms with Gasteiger partial charge in [-0.15, -0.1) is 6.42 Å². The molecule has 0 radical (unpaired) electrons. The Hall–Kier alpha value is -1.17. The maximum absolute atomic E-state index is 11.0. The van der Waals surface area contributed by atoms with Gasteiger partial charge in [-0.25, -0.2) is 4.79 Å². The molecule has 0 aromatic carbocycles. The molecule has 1 saturated carbocycles. The van der Waals surface area contributed by atoms with Crippen molar-refractivity contribution in [1.29, 1.82) is 0 Å². The van der Waals surface area contributed by atoms with Crippen LogP contribution in [-0.4, -0.2) is 18.6 Å². The van der Waals surface area contributed by atoms with E-state index in [-0.39, 0.29) is 6.03 Å². The lowest BCUT2D eigenvalue weighted by molar-refractivity contribution is 0.211. The Labute approximate surface area is 72.9 Å². The predicted molar refractivity (Wildman–Crippen MR) is 47.6 cm³/mol. The number of rotatable bonds is 2.